The zero-order valence-corrected chi connectivity index (χ0v) is 11.5. The van der Waals surface area contributed by atoms with Gasteiger partial charge in [0, 0.05) is 31.7 Å². The Hall–Kier alpha value is -0.900. The number of rotatable bonds is 3. The number of hydrogen-bond donors (Lipinski definition) is 1. The van der Waals surface area contributed by atoms with Gasteiger partial charge in [0.2, 0.25) is 0 Å². The molecule has 0 spiro atoms. The SMILES string of the molecule is C=C[C@H](c1cc(C)ccc1F)N1CCNCC1.Cl. The van der Waals surface area contributed by atoms with Crippen molar-refractivity contribution in [1.29, 1.82) is 0 Å². The quantitative estimate of drug-likeness (QED) is 0.850. The van der Waals surface area contributed by atoms with E-state index in [9.17, 15) is 4.39 Å². The molecule has 1 aliphatic heterocycles. The second-order valence-electron chi connectivity index (χ2n) is 4.49. The van der Waals surface area contributed by atoms with Crippen molar-refractivity contribution < 1.29 is 4.39 Å². The van der Waals surface area contributed by atoms with Gasteiger partial charge in [-0.3, -0.25) is 4.90 Å². The van der Waals surface area contributed by atoms with Gasteiger partial charge in [-0.1, -0.05) is 23.8 Å². The van der Waals surface area contributed by atoms with E-state index in [2.05, 4.69) is 16.8 Å². The Bertz CT molecular complexity index is 403. The van der Waals surface area contributed by atoms with Crippen LogP contribution >= 0.6 is 12.4 Å². The van der Waals surface area contributed by atoms with Gasteiger partial charge in [-0.2, -0.15) is 0 Å². The van der Waals surface area contributed by atoms with Crippen LogP contribution in [0.5, 0.6) is 0 Å². The maximum Gasteiger partial charge on any atom is 0.128 e. The standard InChI is InChI=1S/C14H19FN2.ClH/c1-3-14(17-8-6-16-7-9-17)12-10-11(2)4-5-13(12)15;/h3-5,10,14,16H,1,6-9H2,2H3;1H/t14-;/m1./s1. The van der Waals surface area contributed by atoms with Crippen LogP contribution in [-0.4, -0.2) is 31.1 Å². The number of hydrogen-bond acceptors (Lipinski definition) is 2. The molecule has 1 aromatic carbocycles. The lowest BCUT2D eigenvalue weighted by molar-refractivity contribution is 0.200. The van der Waals surface area contributed by atoms with Gasteiger partial charge < -0.3 is 5.32 Å². The fourth-order valence-electron chi connectivity index (χ4n) is 2.32. The zero-order chi connectivity index (χ0) is 12.3. The minimum atomic E-state index is -0.140. The second-order valence-corrected chi connectivity index (χ2v) is 4.49. The molecule has 1 aromatic rings. The summed E-state index contributed by atoms with van der Waals surface area (Å²) in [5.41, 5.74) is 1.82. The average molecular weight is 271 g/mol. The van der Waals surface area contributed by atoms with E-state index in [1.54, 1.807) is 12.1 Å². The smallest absolute Gasteiger partial charge is 0.128 e. The van der Waals surface area contributed by atoms with Crippen molar-refractivity contribution in [3.63, 3.8) is 0 Å². The highest BCUT2D eigenvalue weighted by molar-refractivity contribution is 5.85. The Morgan fingerprint density at radius 3 is 2.67 bits per heavy atom. The molecule has 0 unspecified atom stereocenters. The molecule has 0 amide bonds. The van der Waals surface area contributed by atoms with E-state index in [0.29, 0.717) is 0 Å². The van der Waals surface area contributed by atoms with Crippen molar-refractivity contribution in [2.24, 2.45) is 0 Å². The minimum absolute atomic E-state index is 0. The monoisotopic (exact) mass is 270 g/mol. The van der Waals surface area contributed by atoms with Gasteiger partial charge in [0.1, 0.15) is 5.82 Å². The highest BCUT2D eigenvalue weighted by Gasteiger charge is 2.21. The molecule has 1 fully saturated rings. The minimum Gasteiger partial charge on any atom is -0.314 e. The highest BCUT2D eigenvalue weighted by atomic mass is 35.5. The molecule has 1 heterocycles. The van der Waals surface area contributed by atoms with Crippen molar-refractivity contribution in [1.82, 2.24) is 10.2 Å². The third-order valence-corrected chi connectivity index (χ3v) is 3.24. The Labute approximate surface area is 114 Å². The molecule has 0 aliphatic carbocycles. The average Bonchev–Trinajstić information content (AvgIpc) is 2.36. The maximum atomic E-state index is 13.9. The van der Waals surface area contributed by atoms with Crippen molar-refractivity contribution >= 4 is 12.4 Å². The molecular formula is C14H20ClFN2. The second kappa shape index (κ2) is 6.88. The molecule has 1 saturated heterocycles. The summed E-state index contributed by atoms with van der Waals surface area (Å²) < 4.78 is 13.9. The first kappa shape index (κ1) is 15.2. The van der Waals surface area contributed by atoms with Crippen LogP contribution < -0.4 is 5.32 Å². The first-order chi connectivity index (χ1) is 8.22. The largest absolute Gasteiger partial charge is 0.314 e. The third-order valence-electron chi connectivity index (χ3n) is 3.24. The molecule has 1 N–H and O–H groups in total. The molecule has 100 valence electrons. The molecule has 1 atom stereocenters. The summed E-state index contributed by atoms with van der Waals surface area (Å²) in [6.07, 6.45) is 1.84. The van der Waals surface area contributed by atoms with Gasteiger partial charge >= 0.3 is 0 Å². The van der Waals surface area contributed by atoms with Crippen LogP contribution in [0.4, 0.5) is 4.39 Å². The number of halogens is 2. The third kappa shape index (κ3) is 3.31. The highest BCUT2D eigenvalue weighted by Crippen LogP contribution is 2.25. The van der Waals surface area contributed by atoms with Crippen LogP contribution in [0, 0.1) is 12.7 Å². The van der Waals surface area contributed by atoms with Gasteiger partial charge in [-0.05, 0) is 13.0 Å². The van der Waals surface area contributed by atoms with E-state index in [-0.39, 0.29) is 24.3 Å². The lowest BCUT2D eigenvalue weighted by Gasteiger charge is -2.33. The van der Waals surface area contributed by atoms with Crippen molar-refractivity contribution in [2.75, 3.05) is 26.2 Å². The topological polar surface area (TPSA) is 15.3 Å². The molecule has 2 rings (SSSR count). The van der Waals surface area contributed by atoms with Crippen LogP contribution in [0.15, 0.2) is 30.9 Å². The maximum absolute atomic E-state index is 13.9. The number of nitrogens with zero attached hydrogens (tertiary/aromatic N) is 1. The first-order valence-electron chi connectivity index (χ1n) is 6.06. The molecule has 0 radical (unpaired) electrons. The van der Waals surface area contributed by atoms with E-state index in [1.165, 1.54) is 0 Å². The fraction of sp³-hybridized carbons (Fsp3) is 0.429. The van der Waals surface area contributed by atoms with E-state index in [1.807, 2.05) is 19.1 Å². The summed E-state index contributed by atoms with van der Waals surface area (Å²) in [5, 5.41) is 3.30. The summed E-state index contributed by atoms with van der Waals surface area (Å²) in [7, 11) is 0. The molecule has 1 aliphatic rings. The summed E-state index contributed by atoms with van der Waals surface area (Å²) >= 11 is 0. The van der Waals surface area contributed by atoms with E-state index < -0.39 is 0 Å². The summed E-state index contributed by atoms with van der Waals surface area (Å²) in [6, 6.07) is 5.25. The van der Waals surface area contributed by atoms with Gasteiger partial charge in [0.15, 0.2) is 0 Å². The predicted octanol–water partition coefficient (Wildman–Crippen LogP) is 2.69. The Balaban J connectivity index is 0.00000162. The molecular weight excluding hydrogens is 251 g/mol. The predicted molar refractivity (Wildman–Crippen MR) is 75.8 cm³/mol. The summed E-state index contributed by atoms with van der Waals surface area (Å²) in [5.74, 6) is -0.140. The van der Waals surface area contributed by atoms with E-state index in [4.69, 9.17) is 0 Å². The summed E-state index contributed by atoms with van der Waals surface area (Å²) in [6.45, 7) is 9.62. The van der Waals surface area contributed by atoms with Crippen LogP contribution in [0.3, 0.4) is 0 Å². The lowest BCUT2D eigenvalue weighted by Crippen LogP contribution is -2.44. The van der Waals surface area contributed by atoms with Crippen molar-refractivity contribution in [3.05, 3.63) is 47.8 Å². The van der Waals surface area contributed by atoms with Crippen LogP contribution in [-0.2, 0) is 0 Å². The lowest BCUT2D eigenvalue weighted by atomic mass is 10.0. The van der Waals surface area contributed by atoms with Gasteiger partial charge in [0.25, 0.3) is 0 Å². The fourth-order valence-corrected chi connectivity index (χ4v) is 2.32. The van der Waals surface area contributed by atoms with Crippen molar-refractivity contribution in [3.8, 4) is 0 Å². The van der Waals surface area contributed by atoms with Crippen molar-refractivity contribution in [2.45, 2.75) is 13.0 Å². The summed E-state index contributed by atoms with van der Waals surface area (Å²) in [4.78, 5) is 2.27. The van der Waals surface area contributed by atoms with Gasteiger partial charge in [0.05, 0.1) is 6.04 Å². The van der Waals surface area contributed by atoms with E-state index >= 15 is 0 Å². The molecule has 18 heavy (non-hydrogen) atoms. The number of aryl methyl sites for hydroxylation is 1. The molecule has 0 aromatic heterocycles. The Morgan fingerprint density at radius 1 is 1.39 bits per heavy atom. The van der Waals surface area contributed by atoms with Gasteiger partial charge in [-0.15, -0.1) is 19.0 Å². The van der Waals surface area contributed by atoms with Crippen LogP contribution in [0.1, 0.15) is 17.2 Å². The van der Waals surface area contributed by atoms with Crippen LogP contribution in [0.2, 0.25) is 0 Å². The zero-order valence-electron chi connectivity index (χ0n) is 10.7. The Kier molecular flexibility index (Phi) is 5.79. The normalized spacial score (nSPS) is 17.9. The number of benzene rings is 1. The first-order valence-corrected chi connectivity index (χ1v) is 6.06. The Morgan fingerprint density at radius 2 is 2.06 bits per heavy atom. The van der Waals surface area contributed by atoms with E-state index in [0.717, 1.165) is 37.3 Å². The molecule has 4 heteroatoms. The molecule has 2 nitrogen and oxygen atoms in total. The van der Waals surface area contributed by atoms with Crippen LogP contribution in [0.25, 0.3) is 0 Å². The molecule has 0 bridgehead atoms. The van der Waals surface area contributed by atoms with Gasteiger partial charge in [-0.25, -0.2) is 4.39 Å². The number of nitrogens with one attached hydrogen (secondary N) is 1. The number of piperazine rings is 1. The molecule has 0 saturated carbocycles.